The number of hydrogen-bond acceptors (Lipinski definition) is 0. The second kappa shape index (κ2) is 13.3. The predicted octanol–water partition coefficient (Wildman–Crippen LogP) is 16.6. The third-order valence-corrected chi connectivity index (χ3v) is 12.3. The van der Waals surface area contributed by atoms with Crippen LogP contribution in [0.3, 0.4) is 0 Å². The van der Waals surface area contributed by atoms with Crippen LogP contribution >= 0.6 is 0 Å². The van der Waals surface area contributed by atoms with Gasteiger partial charge < -0.3 is 0 Å². The molecule has 0 radical (unpaired) electrons. The quantitative estimate of drug-likeness (QED) is 0.158. The Morgan fingerprint density at radius 1 is 0.259 bits per heavy atom. The Labute approximate surface area is 339 Å². The highest BCUT2D eigenvalue weighted by Gasteiger charge is 2.25. The van der Waals surface area contributed by atoms with Crippen molar-refractivity contribution in [3.63, 3.8) is 0 Å². The molecule has 0 heteroatoms. The highest BCUT2D eigenvalue weighted by atomic mass is 14.3. The predicted molar refractivity (Wildman–Crippen MR) is 252 cm³/mol. The molecule has 0 unspecified atom stereocenters. The van der Waals surface area contributed by atoms with Crippen LogP contribution in [0.5, 0.6) is 0 Å². The van der Waals surface area contributed by atoms with Crippen molar-refractivity contribution in [2.24, 2.45) is 0 Å². The summed E-state index contributed by atoms with van der Waals surface area (Å²) in [6, 6.07) is 74.4. The van der Waals surface area contributed by atoms with Crippen LogP contribution in [-0.4, -0.2) is 0 Å². The minimum absolute atomic E-state index is 0.0715. The molecule has 0 aromatic heterocycles. The smallest absolute Gasteiger partial charge is 0.00201 e. The molecule has 0 fully saturated rings. The molecular weight excluding hydrogens is 697 g/mol. The molecule has 0 heterocycles. The zero-order chi connectivity index (χ0) is 39.0. The van der Waals surface area contributed by atoms with Gasteiger partial charge in [-0.15, -0.1) is 0 Å². The van der Waals surface area contributed by atoms with Gasteiger partial charge in [-0.05, 0) is 126 Å². The molecule has 11 rings (SSSR count). The van der Waals surface area contributed by atoms with Crippen molar-refractivity contribution in [3.8, 4) is 44.5 Å². The molecule has 0 aliphatic carbocycles. The van der Waals surface area contributed by atoms with Gasteiger partial charge >= 0.3 is 0 Å². The molecule has 0 aliphatic heterocycles. The van der Waals surface area contributed by atoms with E-state index in [1.54, 1.807) is 0 Å². The van der Waals surface area contributed by atoms with E-state index in [1.165, 1.54) is 115 Å². The molecule has 0 nitrogen and oxygen atoms in total. The van der Waals surface area contributed by atoms with Crippen molar-refractivity contribution in [3.05, 3.63) is 206 Å². The van der Waals surface area contributed by atoms with Crippen molar-refractivity contribution >= 4 is 64.6 Å². The maximum atomic E-state index is 2.45. The topological polar surface area (TPSA) is 0 Å². The highest BCUT2D eigenvalue weighted by molar-refractivity contribution is 6.24. The molecule has 0 bridgehead atoms. The van der Waals surface area contributed by atoms with Crippen molar-refractivity contribution in [2.75, 3.05) is 0 Å². The van der Waals surface area contributed by atoms with Crippen LogP contribution in [0.25, 0.3) is 109 Å². The fourth-order valence-corrected chi connectivity index (χ4v) is 9.90. The molecule has 58 heavy (non-hydrogen) atoms. The molecule has 274 valence electrons. The SMILES string of the molecule is CC(C)(C)c1c2ccccc2c(-c2cccc3ccccc23)c2ccc(-c3ccc(-c4c5ccccc5c(-c5cccc6ccccc56)c5ccccc45)cc3)cc12. The van der Waals surface area contributed by atoms with Gasteiger partial charge in [0.2, 0.25) is 0 Å². The Balaban J connectivity index is 1.11. The van der Waals surface area contributed by atoms with E-state index in [1.807, 2.05) is 0 Å². The monoisotopic (exact) mass is 738 g/mol. The normalized spacial score (nSPS) is 12.1. The van der Waals surface area contributed by atoms with Crippen LogP contribution in [0.2, 0.25) is 0 Å². The summed E-state index contributed by atoms with van der Waals surface area (Å²) in [4.78, 5) is 0. The Bertz CT molecular complexity index is 3340. The van der Waals surface area contributed by atoms with Gasteiger partial charge in [-0.1, -0.05) is 215 Å². The lowest BCUT2D eigenvalue weighted by Crippen LogP contribution is -2.13. The third kappa shape index (κ3) is 5.36. The third-order valence-electron chi connectivity index (χ3n) is 12.3. The zero-order valence-corrected chi connectivity index (χ0v) is 33.1. The van der Waals surface area contributed by atoms with Crippen LogP contribution in [0, 0.1) is 0 Å². The fourth-order valence-electron chi connectivity index (χ4n) is 9.90. The number of benzene rings is 11. The first-order chi connectivity index (χ1) is 28.4. The van der Waals surface area contributed by atoms with Crippen LogP contribution in [0.1, 0.15) is 26.3 Å². The van der Waals surface area contributed by atoms with Crippen molar-refractivity contribution in [2.45, 2.75) is 26.2 Å². The lowest BCUT2D eigenvalue weighted by molar-refractivity contribution is 0.601. The molecule has 0 amide bonds. The van der Waals surface area contributed by atoms with Gasteiger partial charge in [-0.25, -0.2) is 0 Å². The standard InChI is InChI=1S/C58H42/c1-58(2,3)57-52-27-13-12-26-50(52)56(45-29-15-19-39-17-5-7-21-43(39)45)51-35-34-41(36-53(51)57)37-30-32-40(33-31-37)54-46-22-8-10-24-48(46)55(49-25-11-9-23-47(49)54)44-28-14-18-38-16-4-6-20-42(38)44/h4-36H,1-3H3. The molecule has 11 aromatic rings. The van der Waals surface area contributed by atoms with Crippen LogP contribution in [-0.2, 0) is 5.41 Å². The molecule has 0 spiro atoms. The van der Waals surface area contributed by atoms with Crippen LogP contribution in [0.15, 0.2) is 200 Å². The minimum Gasteiger partial charge on any atom is -0.0616 e. The van der Waals surface area contributed by atoms with Gasteiger partial charge in [0.1, 0.15) is 0 Å². The van der Waals surface area contributed by atoms with E-state index < -0.39 is 0 Å². The van der Waals surface area contributed by atoms with Gasteiger partial charge in [-0.2, -0.15) is 0 Å². The van der Waals surface area contributed by atoms with E-state index in [0.29, 0.717) is 0 Å². The van der Waals surface area contributed by atoms with Crippen molar-refractivity contribution in [1.82, 2.24) is 0 Å². The molecule has 11 aromatic carbocycles. The van der Waals surface area contributed by atoms with Gasteiger partial charge in [0, 0.05) is 0 Å². The first-order valence-corrected chi connectivity index (χ1v) is 20.4. The van der Waals surface area contributed by atoms with Crippen molar-refractivity contribution in [1.29, 1.82) is 0 Å². The summed E-state index contributed by atoms with van der Waals surface area (Å²) in [5.41, 5.74) is 11.4. The lowest BCUT2D eigenvalue weighted by Gasteiger charge is -2.27. The number of rotatable bonds is 4. The van der Waals surface area contributed by atoms with E-state index in [4.69, 9.17) is 0 Å². The summed E-state index contributed by atoms with van der Waals surface area (Å²) >= 11 is 0. The van der Waals surface area contributed by atoms with Gasteiger partial charge in [0.25, 0.3) is 0 Å². The maximum absolute atomic E-state index is 2.45. The molecule has 0 N–H and O–H groups in total. The number of hydrogen-bond donors (Lipinski definition) is 0. The molecule has 0 aliphatic rings. The van der Waals surface area contributed by atoms with E-state index in [-0.39, 0.29) is 5.41 Å². The van der Waals surface area contributed by atoms with Gasteiger partial charge in [0.05, 0.1) is 0 Å². The minimum atomic E-state index is -0.0715. The summed E-state index contributed by atoms with van der Waals surface area (Å²) in [6.45, 7) is 7.06. The second-order valence-electron chi connectivity index (χ2n) is 16.8. The van der Waals surface area contributed by atoms with Gasteiger partial charge in [0.15, 0.2) is 0 Å². The summed E-state index contributed by atoms with van der Waals surface area (Å²) in [5.74, 6) is 0. The van der Waals surface area contributed by atoms with E-state index in [0.717, 1.165) is 0 Å². The number of fused-ring (bicyclic) bond motifs is 6. The van der Waals surface area contributed by atoms with E-state index in [9.17, 15) is 0 Å². The van der Waals surface area contributed by atoms with Crippen molar-refractivity contribution < 1.29 is 0 Å². The first kappa shape index (κ1) is 34.2. The van der Waals surface area contributed by atoms with Crippen LogP contribution < -0.4 is 0 Å². The Kier molecular flexibility index (Phi) is 7.85. The Hall–Kier alpha value is -7.02. The average Bonchev–Trinajstić information content (AvgIpc) is 3.26. The average molecular weight is 739 g/mol. The fraction of sp³-hybridized carbons (Fsp3) is 0.0690. The summed E-state index contributed by atoms with van der Waals surface area (Å²) in [5, 5.41) is 15.4. The largest absolute Gasteiger partial charge is 0.0616 e. The second-order valence-corrected chi connectivity index (χ2v) is 16.8. The lowest BCUT2D eigenvalue weighted by atomic mass is 9.77. The Morgan fingerprint density at radius 2 is 0.621 bits per heavy atom. The first-order valence-electron chi connectivity index (χ1n) is 20.4. The highest BCUT2D eigenvalue weighted by Crippen LogP contribution is 2.48. The molecule has 0 saturated carbocycles. The van der Waals surface area contributed by atoms with E-state index in [2.05, 4.69) is 221 Å². The maximum Gasteiger partial charge on any atom is -0.00201 e. The summed E-state index contributed by atoms with van der Waals surface area (Å²) in [7, 11) is 0. The summed E-state index contributed by atoms with van der Waals surface area (Å²) < 4.78 is 0. The summed E-state index contributed by atoms with van der Waals surface area (Å²) in [6.07, 6.45) is 0. The Morgan fingerprint density at radius 3 is 1.12 bits per heavy atom. The van der Waals surface area contributed by atoms with E-state index >= 15 is 0 Å². The van der Waals surface area contributed by atoms with Crippen LogP contribution in [0.4, 0.5) is 0 Å². The van der Waals surface area contributed by atoms with Gasteiger partial charge in [-0.3, -0.25) is 0 Å². The molecular formula is C58H42. The zero-order valence-electron chi connectivity index (χ0n) is 33.1. The molecule has 0 saturated heterocycles. The molecule has 0 atom stereocenters.